The smallest absolute Gasteiger partial charge is 0.156 e. The van der Waals surface area contributed by atoms with Gasteiger partial charge in [-0.15, -0.1) is 0 Å². The molecule has 2 aromatic carbocycles. The van der Waals surface area contributed by atoms with Crippen molar-refractivity contribution in [2.24, 2.45) is 0 Å². The molecule has 0 aliphatic heterocycles. The van der Waals surface area contributed by atoms with Gasteiger partial charge in [-0.3, -0.25) is 0 Å². The number of aromatic nitrogens is 3. The Morgan fingerprint density at radius 1 is 0.880 bits per heavy atom. The van der Waals surface area contributed by atoms with Gasteiger partial charge in [0, 0.05) is 16.9 Å². The number of benzene rings is 2. The van der Waals surface area contributed by atoms with Crippen molar-refractivity contribution in [2.75, 3.05) is 0 Å². The van der Waals surface area contributed by atoms with Crippen LogP contribution in [0.2, 0.25) is 0 Å². The first-order chi connectivity index (χ1) is 12.0. The molecule has 2 heterocycles. The van der Waals surface area contributed by atoms with E-state index in [9.17, 15) is 0 Å². The van der Waals surface area contributed by atoms with Gasteiger partial charge in [0.2, 0.25) is 0 Å². The summed E-state index contributed by atoms with van der Waals surface area (Å²) in [5.74, 6) is 0. The third-order valence-corrected chi connectivity index (χ3v) is 4.64. The minimum Gasteiger partial charge on any atom is -0.233 e. The van der Waals surface area contributed by atoms with E-state index in [4.69, 9.17) is 10.1 Å². The van der Waals surface area contributed by atoms with Crippen LogP contribution >= 0.6 is 0 Å². The average molecular weight is 329 g/mol. The standard InChI is InChI=1S/C22H23N3/c1-22(2,3)20-15-21-23-18(14-13-16-9-5-4-6-10-16)17-11-7-8-12-19(17)25(21)24-20/h4-12,15H,13-14H2,1-3H3. The van der Waals surface area contributed by atoms with Crippen molar-refractivity contribution in [3.8, 4) is 0 Å². The van der Waals surface area contributed by atoms with Crippen molar-refractivity contribution in [2.45, 2.75) is 39.0 Å². The van der Waals surface area contributed by atoms with Crippen LogP contribution in [0.4, 0.5) is 0 Å². The summed E-state index contributed by atoms with van der Waals surface area (Å²) in [6, 6.07) is 21.2. The Balaban J connectivity index is 1.82. The first-order valence-corrected chi connectivity index (χ1v) is 8.84. The average Bonchev–Trinajstić information content (AvgIpc) is 3.05. The van der Waals surface area contributed by atoms with E-state index in [1.165, 1.54) is 10.9 Å². The summed E-state index contributed by atoms with van der Waals surface area (Å²) in [4.78, 5) is 4.95. The summed E-state index contributed by atoms with van der Waals surface area (Å²) < 4.78 is 1.99. The van der Waals surface area contributed by atoms with Crippen LogP contribution in [-0.2, 0) is 18.3 Å². The van der Waals surface area contributed by atoms with Gasteiger partial charge in [-0.1, -0.05) is 69.3 Å². The summed E-state index contributed by atoms with van der Waals surface area (Å²) >= 11 is 0. The van der Waals surface area contributed by atoms with Crippen LogP contribution < -0.4 is 0 Å². The van der Waals surface area contributed by atoms with E-state index in [0.29, 0.717) is 0 Å². The fourth-order valence-electron chi connectivity index (χ4n) is 3.19. The zero-order valence-electron chi connectivity index (χ0n) is 15.0. The molecule has 0 amide bonds. The molecule has 0 unspecified atom stereocenters. The first-order valence-electron chi connectivity index (χ1n) is 8.84. The molecule has 0 aliphatic carbocycles. The van der Waals surface area contributed by atoms with E-state index in [0.717, 1.165) is 35.4 Å². The number of nitrogens with zero attached hydrogens (tertiary/aromatic N) is 3. The molecule has 4 rings (SSSR count). The van der Waals surface area contributed by atoms with E-state index in [2.05, 4.69) is 81.4 Å². The summed E-state index contributed by atoms with van der Waals surface area (Å²) in [6.07, 6.45) is 1.92. The summed E-state index contributed by atoms with van der Waals surface area (Å²) in [5.41, 5.74) is 5.64. The second-order valence-corrected chi connectivity index (χ2v) is 7.61. The molecule has 0 saturated carbocycles. The first kappa shape index (κ1) is 15.8. The van der Waals surface area contributed by atoms with Gasteiger partial charge in [0.25, 0.3) is 0 Å². The molecule has 0 fully saturated rings. The molecule has 0 spiro atoms. The highest BCUT2D eigenvalue weighted by atomic mass is 15.3. The van der Waals surface area contributed by atoms with Crippen LogP contribution in [-0.4, -0.2) is 14.6 Å². The highest BCUT2D eigenvalue weighted by Gasteiger charge is 2.19. The molecule has 0 saturated heterocycles. The van der Waals surface area contributed by atoms with E-state index in [1.54, 1.807) is 0 Å². The van der Waals surface area contributed by atoms with Gasteiger partial charge in [0.1, 0.15) is 0 Å². The molecule has 3 nitrogen and oxygen atoms in total. The Morgan fingerprint density at radius 2 is 1.60 bits per heavy atom. The van der Waals surface area contributed by atoms with Crippen LogP contribution in [0.3, 0.4) is 0 Å². The molecule has 3 heteroatoms. The fraction of sp³-hybridized carbons (Fsp3) is 0.273. The van der Waals surface area contributed by atoms with Crippen molar-refractivity contribution in [3.63, 3.8) is 0 Å². The second kappa shape index (κ2) is 5.99. The Kier molecular flexibility index (Phi) is 3.79. The molecule has 0 radical (unpaired) electrons. The van der Waals surface area contributed by atoms with E-state index < -0.39 is 0 Å². The number of aryl methyl sites for hydroxylation is 2. The summed E-state index contributed by atoms with van der Waals surface area (Å²) in [5, 5.41) is 6.02. The number of hydrogen-bond acceptors (Lipinski definition) is 2. The van der Waals surface area contributed by atoms with Gasteiger partial charge in [0.05, 0.1) is 16.9 Å². The van der Waals surface area contributed by atoms with Crippen molar-refractivity contribution in [1.82, 2.24) is 14.6 Å². The minimum absolute atomic E-state index is 0.0129. The molecule has 0 aliphatic rings. The van der Waals surface area contributed by atoms with Crippen molar-refractivity contribution in [3.05, 3.63) is 77.6 Å². The lowest BCUT2D eigenvalue weighted by Gasteiger charge is -2.13. The van der Waals surface area contributed by atoms with E-state index in [-0.39, 0.29) is 5.41 Å². The molecule has 25 heavy (non-hydrogen) atoms. The van der Waals surface area contributed by atoms with Gasteiger partial charge in [-0.05, 0) is 24.5 Å². The van der Waals surface area contributed by atoms with Crippen molar-refractivity contribution in [1.29, 1.82) is 0 Å². The Labute approximate surface area is 148 Å². The maximum Gasteiger partial charge on any atom is 0.156 e. The van der Waals surface area contributed by atoms with Crippen LogP contribution in [0.25, 0.3) is 16.6 Å². The zero-order chi connectivity index (χ0) is 17.4. The van der Waals surface area contributed by atoms with Gasteiger partial charge < -0.3 is 0 Å². The maximum atomic E-state index is 4.95. The van der Waals surface area contributed by atoms with Gasteiger partial charge in [-0.2, -0.15) is 5.10 Å². The highest BCUT2D eigenvalue weighted by Crippen LogP contribution is 2.25. The lowest BCUT2D eigenvalue weighted by atomic mass is 9.93. The summed E-state index contributed by atoms with van der Waals surface area (Å²) in [7, 11) is 0. The Morgan fingerprint density at radius 3 is 2.36 bits per heavy atom. The normalized spacial score (nSPS) is 12.1. The SMILES string of the molecule is CC(C)(C)c1cc2nc(CCc3ccccc3)c3ccccc3n2n1. The number of hydrogen-bond donors (Lipinski definition) is 0. The molecule has 4 aromatic rings. The molecule has 0 bridgehead atoms. The van der Waals surface area contributed by atoms with Gasteiger partial charge >= 0.3 is 0 Å². The molecular weight excluding hydrogens is 306 g/mol. The molecule has 126 valence electrons. The molecular formula is C22H23N3. The predicted molar refractivity (Wildman–Crippen MR) is 103 cm³/mol. The predicted octanol–water partition coefficient (Wildman–Crippen LogP) is 4.97. The van der Waals surface area contributed by atoms with E-state index >= 15 is 0 Å². The second-order valence-electron chi connectivity index (χ2n) is 7.61. The summed E-state index contributed by atoms with van der Waals surface area (Å²) in [6.45, 7) is 6.56. The lowest BCUT2D eigenvalue weighted by Crippen LogP contribution is -2.11. The largest absolute Gasteiger partial charge is 0.233 e. The lowest BCUT2D eigenvalue weighted by molar-refractivity contribution is 0.564. The van der Waals surface area contributed by atoms with Crippen molar-refractivity contribution < 1.29 is 0 Å². The highest BCUT2D eigenvalue weighted by molar-refractivity contribution is 5.83. The topological polar surface area (TPSA) is 30.2 Å². The monoisotopic (exact) mass is 329 g/mol. The molecule has 2 aromatic heterocycles. The van der Waals surface area contributed by atoms with Crippen LogP contribution in [0.5, 0.6) is 0 Å². The number of fused-ring (bicyclic) bond motifs is 3. The van der Waals surface area contributed by atoms with Gasteiger partial charge in [0.15, 0.2) is 5.65 Å². The quantitative estimate of drug-likeness (QED) is 0.531. The Hall–Kier alpha value is -2.68. The van der Waals surface area contributed by atoms with Crippen LogP contribution in [0.15, 0.2) is 60.7 Å². The third-order valence-electron chi connectivity index (χ3n) is 4.64. The molecule has 0 N–H and O–H groups in total. The fourth-order valence-corrected chi connectivity index (χ4v) is 3.19. The third kappa shape index (κ3) is 3.02. The minimum atomic E-state index is 0.0129. The zero-order valence-corrected chi connectivity index (χ0v) is 15.0. The number of para-hydroxylation sites is 1. The number of rotatable bonds is 3. The van der Waals surface area contributed by atoms with Crippen molar-refractivity contribution >= 4 is 16.6 Å². The Bertz CT molecular complexity index is 1020. The van der Waals surface area contributed by atoms with Crippen LogP contribution in [0.1, 0.15) is 37.7 Å². The molecule has 0 atom stereocenters. The van der Waals surface area contributed by atoms with Crippen LogP contribution in [0, 0.1) is 0 Å². The van der Waals surface area contributed by atoms with E-state index in [1.807, 2.05) is 4.52 Å². The maximum absolute atomic E-state index is 4.95. The van der Waals surface area contributed by atoms with Gasteiger partial charge in [-0.25, -0.2) is 9.50 Å².